The van der Waals surface area contributed by atoms with Crippen LogP contribution in [0.4, 0.5) is 0 Å². The highest BCUT2D eigenvalue weighted by Gasteiger charge is 2.32. The van der Waals surface area contributed by atoms with Crippen LogP contribution in [0.2, 0.25) is 0 Å². The zero-order valence-electron chi connectivity index (χ0n) is 15.4. The first kappa shape index (κ1) is 19.0. The number of halogens is 1. The fourth-order valence-electron chi connectivity index (χ4n) is 3.44. The van der Waals surface area contributed by atoms with Crippen molar-refractivity contribution in [1.82, 2.24) is 14.4 Å². The zero-order valence-corrected chi connectivity index (χ0v) is 16.9. The van der Waals surface area contributed by atoms with Crippen LogP contribution >= 0.6 is 22.9 Å². The molecule has 0 saturated carbocycles. The number of aromatic nitrogens is 1. The summed E-state index contributed by atoms with van der Waals surface area (Å²) in [5, 5.41) is 2.57. The predicted octanol–water partition coefficient (Wildman–Crippen LogP) is 3.58. The van der Waals surface area contributed by atoms with Crippen molar-refractivity contribution in [3.8, 4) is 0 Å². The van der Waals surface area contributed by atoms with E-state index >= 15 is 0 Å². The van der Waals surface area contributed by atoms with Gasteiger partial charge in [-0.25, -0.2) is 0 Å². The molecule has 2 aromatic rings. The highest BCUT2D eigenvalue weighted by molar-refractivity contribution is 7.16. The van der Waals surface area contributed by atoms with Gasteiger partial charge in [-0.3, -0.25) is 9.59 Å². The molecule has 0 aromatic carbocycles. The molecule has 1 aliphatic rings. The Labute approximate surface area is 162 Å². The van der Waals surface area contributed by atoms with Crippen molar-refractivity contribution in [1.29, 1.82) is 0 Å². The van der Waals surface area contributed by atoms with Crippen molar-refractivity contribution >= 4 is 45.0 Å². The van der Waals surface area contributed by atoms with Crippen molar-refractivity contribution in [3.05, 3.63) is 35.4 Å². The molecule has 0 unspecified atom stereocenters. The molecular weight excluding hydrogens is 370 g/mol. The Kier molecular flexibility index (Phi) is 5.44. The van der Waals surface area contributed by atoms with E-state index in [1.807, 2.05) is 40.8 Å². The summed E-state index contributed by atoms with van der Waals surface area (Å²) in [6, 6.07) is 3.94. The lowest BCUT2D eigenvalue weighted by atomic mass is 10.1. The monoisotopic (exact) mass is 393 g/mol. The van der Waals surface area contributed by atoms with E-state index in [0.717, 1.165) is 15.8 Å². The van der Waals surface area contributed by atoms with Crippen molar-refractivity contribution in [2.24, 2.45) is 0 Å². The number of allylic oxidation sites excluding steroid dienone is 1. The lowest BCUT2D eigenvalue weighted by molar-refractivity contribution is -0.134. The molecule has 0 N–H and O–H groups in total. The maximum absolute atomic E-state index is 13.2. The fourth-order valence-corrected chi connectivity index (χ4v) is 4.46. The summed E-state index contributed by atoms with van der Waals surface area (Å²) >= 11 is 7.57. The SMILES string of the molecule is C=C(C)Cn1c(C(=O)N2CCN(C(=O)[C@@H](C)Cl)[C@@H](C)C2)cc2ccsc21. The van der Waals surface area contributed by atoms with E-state index < -0.39 is 5.38 Å². The zero-order chi connectivity index (χ0) is 19.0. The summed E-state index contributed by atoms with van der Waals surface area (Å²) < 4.78 is 2.05. The summed E-state index contributed by atoms with van der Waals surface area (Å²) in [5.74, 6) is -0.0649. The second-order valence-electron chi connectivity index (χ2n) is 7.00. The molecule has 3 heterocycles. The number of hydrogen-bond donors (Lipinski definition) is 0. The average Bonchev–Trinajstić information content (AvgIpc) is 3.15. The third-order valence-corrected chi connectivity index (χ3v) is 5.83. The highest BCUT2D eigenvalue weighted by Crippen LogP contribution is 2.27. The van der Waals surface area contributed by atoms with E-state index in [-0.39, 0.29) is 17.9 Å². The van der Waals surface area contributed by atoms with E-state index in [2.05, 4.69) is 6.58 Å². The van der Waals surface area contributed by atoms with E-state index in [1.165, 1.54) is 0 Å². The molecule has 5 nitrogen and oxygen atoms in total. The molecule has 1 saturated heterocycles. The van der Waals surface area contributed by atoms with Crippen LogP contribution in [0.15, 0.2) is 29.7 Å². The van der Waals surface area contributed by atoms with E-state index in [1.54, 1.807) is 23.2 Å². The molecule has 3 rings (SSSR count). The fraction of sp³-hybridized carbons (Fsp3) is 0.474. The van der Waals surface area contributed by atoms with Crippen LogP contribution < -0.4 is 0 Å². The second-order valence-corrected chi connectivity index (χ2v) is 8.55. The quantitative estimate of drug-likeness (QED) is 0.588. The molecule has 0 aliphatic carbocycles. The normalized spacial score (nSPS) is 19.0. The van der Waals surface area contributed by atoms with Crippen LogP contribution in [-0.2, 0) is 11.3 Å². The van der Waals surface area contributed by atoms with Gasteiger partial charge in [-0.1, -0.05) is 12.2 Å². The molecule has 0 bridgehead atoms. The van der Waals surface area contributed by atoms with Gasteiger partial charge in [-0.2, -0.15) is 0 Å². The molecule has 2 atom stereocenters. The van der Waals surface area contributed by atoms with Crippen molar-refractivity contribution in [2.75, 3.05) is 19.6 Å². The van der Waals surface area contributed by atoms with Crippen molar-refractivity contribution < 1.29 is 9.59 Å². The highest BCUT2D eigenvalue weighted by atomic mass is 35.5. The molecule has 0 radical (unpaired) electrons. The number of thiophene rings is 1. The standard InChI is InChI=1S/C19H24ClN3O2S/c1-12(2)10-23-16(9-15-5-8-26-19(15)23)18(25)21-6-7-22(13(3)11-21)17(24)14(4)20/h5,8-9,13-14H,1,6-7,10-11H2,2-4H3/t13-,14+/m0/s1. The van der Waals surface area contributed by atoms with Crippen molar-refractivity contribution in [2.45, 2.75) is 38.7 Å². The van der Waals surface area contributed by atoms with Gasteiger partial charge in [0, 0.05) is 37.6 Å². The summed E-state index contributed by atoms with van der Waals surface area (Å²) in [4.78, 5) is 30.1. The summed E-state index contributed by atoms with van der Waals surface area (Å²) in [6.45, 7) is 11.8. The van der Waals surface area contributed by atoms with Gasteiger partial charge in [0.15, 0.2) is 0 Å². The number of carbonyl (C=O) groups excluding carboxylic acids is 2. The molecule has 26 heavy (non-hydrogen) atoms. The predicted molar refractivity (Wildman–Crippen MR) is 107 cm³/mol. The first-order valence-corrected chi connectivity index (χ1v) is 10.1. The van der Waals surface area contributed by atoms with Gasteiger partial charge >= 0.3 is 0 Å². The second kappa shape index (κ2) is 7.45. The summed E-state index contributed by atoms with van der Waals surface area (Å²) in [7, 11) is 0. The Hall–Kier alpha value is -1.79. The Morgan fingerprint density at radius 2 is 2.15 bits per heavy atom. The van der Waals surface area contributed by atoms with Gasteiger partial charge in [-0.05, 0) is 38.3 Å². The average molecular weight is 394 g/mol. The van der Waals surface area contributed by atoms with Gasteiger partial charge in [0.2, 0.25) is 5.91 Å². The molecule has 7 heteroatoms. The van der Waals surface area contributed by atoms with Gasteiger partial charge in [-0.15, -0.1) is 22.9 Å². The molecule has 2 aromatic heterocycles. The Balaban J connectivity index is 1.82. The Morgan fingerprint density at radius 3 is 2.77 bits per heavy atom. The minimum atomic E-state index is -0.542. The lowest BCUT2D eigenvalue weighted by Crippen LogP contribution is -2.56. The van der Waals surface area contributed by atoms with Crippen LogP contribution in [-0.4, -0.2) is 57.2 Å². The van der Waals surface area contributed by atoms with Crippen LogP contribution in [0.3, 0.4) is 0 Å². The maximum atomic E-state index is 13.2. The van der Waals surface area contributed by atoms with E-state index in [4.69, 9.17) is 11.6 Å². The molecular formula is C19H24ClN3O2S. The van der Waals surface area contributed by atoms with Crippen LogP contribution in [0.1, 0.15) is 31.3 Å². The third-order valence-electron chi connectivity index (χ3n) is 4.69. The minimum Gasteiger partial charge on any atom is -0.335 e. The summed E-state index contributed by atoms with van der Waals surface area (Å²) in [5.41, 5.74) is 1.69. The number of fused-ring (bicyclic) bond motifs is 1. The number of alkyl halides is 1. The van der Waals surface area contributed by atoms with Crippen LogP contribution in [0.25, 0.3) is 10.2 Å². The van der Waals surface area contributed by atoms with E-state index in [9.17, 15) is 9.59 Å². The number of carbonyl (C=O) groups is 2. The van der Waals surface area contributed by atoms with Gasteiger partial charge in [0.05, 0.1) is 0 Å². The molecule has 1 fully saturated rings. The number of nitrogens with zero attached hydrogens (tertiary/aromatic N) is 3. The largest absolute Gasteiger partial charge is 0.335 e. The topological polar surface area (TPSA) is 45.6 Å². The third kappa shape index (κ3) is 3.53. The number of piperazine rings is 1. The molecule has 1 aliphatic heterocycles. The van der Waals surface area contributed by atoms with Gasteiger partial charge in [0.25, 0.3) is 5.91 Å². The molecule has 140 valence electrons. The number of hydrogen-bond acceptors (Lipinski definition) is 3. The van der Waals surface area contributed by atoms with Gasteiger partial charge in [0.1, 0.15) is 15.9 Å². The Morgan fingerprint density at radius 1 is 1.42 bits per heavy atom. The smallest absolute Gasteiger partial charge is 0.270 e. The first-order valence-electron chi connectivity index (χ1n) is 8.74. The van der Waals surface area contributed by atoms with Crippen LogP contribution in [0.5, 0.6) is 0 Å². The Bertz CT molecular complexity index is 854. The minimum absolute atomic E-state index is 0.00696. The van der Waals surface area contributed by atoms with E-state index in [0.29, 0.717) is 31.9 Å². The lowest BCUT2D eigenvalue weighted by Gasteiger charge is -2.40. The number of amides is 2. The number of rotatable bonds is 4. The molecule has 2 amide bonds. The van der Waals surface area contributed by atoms with Gasteiger partial charge < -0.3 is 14.4 Å². The maximum Gasteiger partial charge on any atom is 0.270 e. The van der Waals surface area contributed by atoms with Crippen LogP contribution in [0, 0.1) is 0 Å². The van der Waals surface area contributed by atoms with Crippen molar-refractivity contribution in [3.63, 3.8) is 0 Å². The summed E-state index contributed by atoms with van der Waals surface area (Å²) in [6.07, 6.45) is 0. The molecule has 0 spiro atoms. The first-order chi connectivity index (χ1) is 12.3.